The van der Waals surface area contributed by atoms with Gasteiger partial charge in [0.05, 0.1) is 16.3 Å². The second kappa shape index (κ2) is 8.16. The average molecular weight is 386 g/mol. The maximum Gasteiger partial charge on any atom is 0.188 e. The molecular formula is C19H23N5S2. The van der Waals surface area contributed by atoms with Crippen molar-refractivity contribution in [3.8, 4) is 21.8 Å². The maximum atomic E-state index is 6.16. The van der Waals surface area contributed by atoms with Crippen molar-refractivity contribution in [1.82, 2.24) is 15.0 Å². The van der Waals surface area contributed by atoms with Crippen molar-refractivity contribution in [3.05, 3.63) is 42.1 Å². The van der Waals surface area contributed by atoms with Gasteiger partial charge in [-0.2, -0.15) is 0 Å². The summed E-state index contributed by atoms with van der Waals surface area (Å²) in [6.45, 7) is 6.19. The predicted octanol–water partition coefficient (Wildman–Crippen LogP) is 4.83. The quantitative estimate of drug-likeness (QED) is 0.467. The number of benzene rings is 1. The molecule has 7 heteroatoms. The van der Waals surface area contributed by atoms with Crippen molar-refractivity contribution in [3.63, 3.8) is 0 Å². The molecule has 0 bridgehead atoms. The first kappa shape index (κ1) is 18.8. The summed E-state index contributed by atoms with van der Waals surface area (Å²) < 4.78 is 0. The Balaban J connectivity index is 2.07. The summed E-state index contributed by atoms with van der Waals surface area (Å²) >= 11 is 3.13. The monoisotopic (exact) mass is 385 g/mol. The Morgan fingerprint density at radius 3 is 2.54 bits per heavy atom. The van der Waals surface area contributed by atoms with Gasteiger partial charge in [0.1, 0.15) is 0 Å². The molecule has 0 radical (unpaired) electrons. The predicted molar refractivity (Wildman–Crippen MR) is 112 cm³/mol. The zero-order valence-corrected chi connectivity index (χ0v) is 17.0. The molecule has 0 saturated carbocycles. The number of nitrogens with zero attached hydrogens (tertiary/aromatic N) is 3. The standard InChI is InChI=1S/C19H23N5S2/c1-11(2)22-18-21-10-17(26-18)16-9-15(23-19(24-16)25-4)14-8-6-5-7-13(14)12(3)20/h5-12H,20H2,1-4H3,(H,21,22). The Hall–Kier alpha value is -1.96. The third-order valence-electron chi connectivity index (χ3n) is 3.79. The average Bonchev–Trinajstić information content (AvgIpc) is 3.09. The van der Waals surface area contributed by atoms with Gasteiger partial charge in [0.25, 0.3) is 0 Å². The smallest absolute Gasteiger partial charge is 0.188 e. The summed E-state index contributed by atoms with van der Waals surface area (Å²) in [4.78, 5) is 14.9. The molecule has 5 nitrogen and oxygen atoms in total. The van der Waals surface area contributed by atoms with Crippen molar-refractivity contribution in [2.45, 2.75) is 38.0 Å². The van der Waals surface area contributed by atoms with Crippen LogP contribution < -0.4 is 11.1 Å². The molecule has 1 unspecified atom stereocenters. The third-order valence-corrected chi connectivity index (χ3v) is 5.28. The normalized spacial score (nSPS) is 12.4. The largest absolute Gasteiger partial charge is 0.359 e. The highest BCUT2D eigenvalue weighted by Crippen LogP contribution is 2.33. The van der Waals surface area contributed by atoms with E-state index < -0.39 is 0 Å². The second-order valence-corrected chi connectivity index (χ2v) is 8.13. The summed E-state index contributed by atoms with van der Waals surface area (Å²) in [6, 6.07) is 10.4. The van der Waals surface area contributed by atoms with Gasteiger partial charge in [-0.05, 0) is 38.7 Å². The fourth-order valence-corrected chi connectivity index (χ4v) is 3.92. The molecule has 1 aromatic carbocycles. The summed E-state index contributed by atoms with van der Waals surface area (Å²) in [5.41, 5.74) is 10.1. The zero-order valence-electron chi connectivity index (χ0n) is 15.4. The molecule has 0 saturated heterocycles. The summed E-state index contributed by atoms with van der Waals surface area (Å²) in [6.07, 6.45) is 3.85. The van der Waals surface area contributed by atoms with Gasteiger partial charge in [-0.1, -0.05) is 47.4 Å². The minimum absolute atomic E-state index is 0.0624. The molecule has 0 aliphatic heterocycles. The van der Waals surface area contributed by atoms with Gasteiger partial charge in [-0.15, -0.1) is 0 Å². The molecule has 2 heterocycles. The van der Waals surface area contributed by atoms with Crippen LogP contribution in [0.4, 0.5) is 5.13 Å². The van der Waals surface area contributed by atoms with Gasteiger partial charge in [0.2, 0.25) is 0 Å². The Bertz CT molecular complexity index is 889. The number of thioether (sulfide) groups is 1. The van der Waals surface area contributed by atoms with E-state index in [-0.39, 0.29) is 6.04 Å². The molecule has 2 aromatic heterocycles. The van der Waals surface area contributed by atoms with E-state index in [0.29, 0.717) is 6.04 Å². The first-order chi connectivity index (χ1) is 12.5. The van der Waals surface area contributed by atoms with Crippen LogP contribution in [0.25, 0.3) is 21.8 Å². The Labute approximate surface area is 162 Å². The van der Waals surface area contributed by atoms with Crippen molar-refractivity contribution in [2.24, 2.45) is 5.73 Å². The number of anilines is 1. The lowest BCUT2D eigenvalue weighted by Crippen LogP contribution is -2.08. The maximum absolute atomic E-state index is 6.16. The van der Waals surface area contributed by atoms with Crippen LogP contribution in [0.1, 0.15) is 32.4 Å². The summed E-state index contributed by atoms with van der Waals surface area (Å²) in [5, 5.41) is 4.98. The van der Waals surface area contributed by atoms with Crippen LogP contribution >= 0.6 is 23.1 Å². The lowest BCUT2D eigenvalue weighted by atomic mass is 9.99. The molecule has 3 rings (SSSR count). The Morgan fingerprint density at radius 2 is 1.85 bits per heavy atom. The highest BCUT2D eigenvalue weighted by molar-refractivity contribution is 7.98. The van der Waals surface area contributed by atoms with Crippen LogP contribution in [0.5, 0.6) is 0 Å². The van der Waals surface area contributed by atoms with Crippen molar-refractivity contribution >= 4 is 28.2 Å². The number of aromatic nitrogens is 3. The summed E-state index contributed by atoms with van der Waals surface area (Å²) in [7, 11) is 0. The number of hydrogen-bond acceptors (Lipinski definition) is 7. The molecular weight excluding hydrogens is 362 g/mol. The lowest BCUT2D eigenvalue weighted by Gasteiger charge is -2.13. The third kappa shape index (κ3) is 4.23. The van der Waals surface area contributed by atoms with Gasteiger partial charge in [-0.3, -0.25) is 0 Å². The molecule has 3 aromatic rings. The fraction of sp³-hybridized carbons (Fsp3) is 0.316. The number of nitrogens with one attached hydrogen (secondary N) is 1. The minimum atomic E-state index is -0.0624. The second-order valence-electron chi connectivity index (χ2n) is 6.33. The van der Waals surface area contributed by atoms with Crippen molar-refractivity contribution in [2.75, 3.05) is 11.6 Å². The SMILES string of the molecule is CSc1nc(-c2cnc(NC(C)C)s2)cc(-c2ccccc2C(C)N)n1. The summed E-state index contributed by atoms with van der Waals surface area (Å²) in [5.74, 6) is 0. The number of thiazole rings is 1. The van der Waals surface area contributed by atoms with E-state index in [1.165, 1.54) is 11.8 Å². The van der Waals surface area contributed by atoms with E-state index in [4.69, 9.17) is 10.7 Å². The van der Waals surface area contributed by atoms with Crippen LogP contribution in [0.15, 0.2) is 41.7 Å². The molecule has 26 heavy (non-hydrogen) atoms. The van der Waals surface area contributed by atoms with Crippen molar-refractivity contribution < 1.29 is 0 Å². The molecule has 0 fully saturated rings. The molecule has 0 aliphatic carbocycles. The van der Waals surface area contributed by atoms with Gasteiger partial charge in [0, 0.05) is 23.8 Å². The first-order valence-electron chi connectivity index (χ1n) is 8.48. The fourth-order valence-electron chi connectivity index (χ4n) is 2.61. The van der Waals surface area contributed by atoms with E-state index in [9.17, 15) is 0 Å². The molecule has 0 aliphatic rings. The highest BCUT2D eigenvalue weighted by Gasteiger charge is 2.14. The molecule has 136 valence electrons. The molecule has 3 N–H and O–H groups in total. The van der Waals surface area contributed by atoms with E-state index >= 15 is 0 Å². The van der Waals surface area contributed by atoms with Crippen LogP contribution in [0, 0.1) is 0 Å². The van der Waals surface area contributed by atoms with Crippen LogP contribution in [-0.4, -0.2) is 27.2 Å². The molecule has 0 amide bonds. The Kier molecular flexibility index (Phi) is 5.90. The van der Waals surface area contributed by atoms with Gasteiger partial charge >= 0.3 is 0 Å². The zero-order chi connectivity index (χ0) is 18.7. The number of nitrogens with two attached hydrogens (primary N) is 1. The minimum Gasteiger partial charge on any atom is -0.359 e. The van der Waals surface area contributed by atoms with Crippen LogP contribution in [0.3, 0.4) is 0 Å². The topological polar surface area (TPSA) is 76.7 Å². The van der Waals surface area contributed by atoms with Gasteiger partial charge in [0.15, 0.2) is 10.3 Å². The van der Waals surface area contributed by atoms with Gasteiger partial charge in [-0.25, -0.2) is 15.0 Å². The molecule has 1 atom stereocenters. The van der Waals surface area contributed by atoms with Gasteiger partial charge < -0.3 is 11.1 Å². The number of hydrogen-bond donors (Lipinski definition) is 2. The first-order valence-corrected chi connectivity index (χ1v) is 10.5. The lowest BCUT2D eigenvalue weighted by molar-refractivity contribution is 0.818. The van der Waals surface area contributed by atoms with E-state index in [0.717, 1.165) is 37.7 Å². The van der Waals surface area contributed by atoms with E-state index in [1.807, 2.05) is 37.6 Å². The van der Waals surface area contributed by atoms with Crippen molar-refractivity contribution in [1.29, 1.82) is 0 Å². The van der Waals surface area contributed by atoms with E-state index in [1.54, 1.807) is 11.3 Å². The van der Waals surface area contributed by atoms with Crippen LogP contribution in [-0.2, 0) is 0 Å². The van der Waals surface area contributed by atoms with E-state index in [2.05, 4.69) is 41.3 Å². The molecule has 0 spiro atoms. The Morgan fingerprint density at radius 1 is 1.12 bits per heavy atom. The highest BCUT2D eigenvalue weighted by atomic mass is 32.2. The van der Waals surface area contributed by atoms with Crippen LogP contribution in [0.2, 0.25) is 0 Å². The number of rotatable bonds is 6.